The minimum atomic E-state index is -0.588. The minimum absolute atomic E-state index is 0.0655. The van der Waals surface area contributed by atoms with Crippen molar-refractivity contribution in [2.24, 2.45) is 7.05 Å². The van der Waals surface area contributed by atoms with E-state index in [2.05, 4.69) is 38.8 Å². The first-order valence-corrected chi connectivity index (χ1v) is 11.3. The maximum atomic E-state index is 13.1. The Kier molecular flexibility index (Phi) is 5.09. The van der Waals surface area contributed by atoms with Gasteiger partial charge in [-0.3, -0.25) is 9.88 Å². The summed E-state index contributed by atoms with van der Waals surface area (Å²) in [5.74, 6) is 0. The number of fused-ring (bicyclic) bond motifs is 1. The second kappa shape index (κ2) is 7.99. The molecule has 0 radical (unpaired) electrons. The Balaban J connectivity index is 1.54. The van der Waals surface area contributed by atoms with Crippen LogP contribution in [-0.2, 0) is 12.5 Å². The molecular formula is C27H27N6O+. The van der Waals surface area contributed by atoms with Gasteiger partial charge in [0, 0.05) is 31.0 Å². The van der Waals surface area contributed by atoms with Crippen LogP contribution in [0, 0.1) is 11.3 Å². The van der Waals surface area contributed by atoms with Gasteiger partial charge in [0.1, 0.15) is 0 Å². The second-order valence-electron chi connectivity index (χ2n) is 9.38. The van der Waals surface area contributed by atoms with Crippen molar-refractivity contribution in [2.75, 3.05) is 18.5 Å². The zero-order valence-electron chi connectivity index (χ0n) is 19.8. The van der Waals surface area contributed by atoms with Crippen molar-refractivity contribution in [1.82, 2.24) is 14.9 Å². The standard InChI is InChI=1S/C27H26N6O/c1-27(2,17-28)19-5-7-20(8-6-19)33-24(16-32(4)26(33)34)23-15-18(9-12-29-23)21-11-14-31(3)25-22(21)10-13-30-25/h5-15,24H,16H2,1-4H3/p+1. The van der Waals surface area contributed by atoms with Crippen LogP contribution >= 0.6 is 0 Å². The number of aromatic nitrogens is 3. The molecule has 0 bridgehead atoms. The third kappa shape index (κ3) is 3.48. The van der Waals surface area contributed by atoms with E-state index in [9.17, 15) is 10.1 Å². The molecule has 5 rings (SSSR count). The van der Waals surface area contributed by atoms with E-state index in [1.54, 1.807) is 9.80 Å². The number of hydrogen-bond donors (Lipinski definition) is 1. The lowest BCUT2D eigenvalue weighted by molar-refractivity contribution is -0.646. The van der Waals surface area contributed by atoms with E-state index in [-0.39, 0.29) is 12.1 Å². The van der Waals surface area contributed by atoms with Crippen LogP contribution in [0.1, 0.15) is 31.1 Å². The molecule has 0 aliphatic carbocycles. The highest BCUT2D eigenvalue weighted by atomic mass is 16.2. The van der Waals surface area contributed by atoms with E-state index in [1.807, 2.05) is 76.9 Å². The van der Waals surface area contributed by atoms with Crippen molar-refractivity contribution in [2.45, 2.75) is 25.3 Å². The summed E-state index contributed by atoms with van der Waals surface area (Å²) in [4.78, 5) is 24.6. The molecule has 1 N–H and O–H groups in total. The second-order valence-corrected chi connectivity index (χ2v) is 9.38. The Morgan fingerprint density at radius 2 is 1.94 bits per heavy atom. The van der Waals surface area contributed by atoms with Crippen molar-refractivity contribution in [1.29, 1.82) is 5.26 Å². The van der Waals surface area contributed by atoms with Crippen molar-refractivity contribution < 1.29 is 9.36 Å². The summed E-state index contributed by atoms with van der Waals surface area (Å²) in [5.41, 5.74) is 5.19. The maximum Gasteiger partial charge on any atom is 0.324 e. The van der Waals surface area contributed by atoms with E-state index >= 15 is 0 Å². The molecule has 1 aliphatic heterocycles. The summed E-state index contributed by atoms with van der Waals surface area (Å²) >= 11 is 0. The summed E-state index contributed by atoms with van der Waals surface area (Å²) in [6.45, 7) is 4.32. The molecule has 0 spiro atoms. The van der Waals surface area contributed by atoms with E-state index in [0.717, 1.165) is 39.1 Å². The number of likely N-dealkylation sites (N-methyl/N-ethyl adjacent to an activating group) is 1. The van der Waals surface area contributed by atoms with Gasteiger partial charge < -0.3 is 4.90 Å². The fourth-order valence-corrected chi connectivity index (χ4v) is 4.63. The number of nitrogens with zero attached hydrogens (tertiary/aromatic N) is 5. The molecule has 4 aromatic rings. The fourth-order valence-electron chi connectivity index (χ4n) is 4.63. The van der Waals surface area contributed by atoms with Crippen LogP contribution in [0.2, 0.25) is 0 Å². The zero-order chi connectivity index (χ0) is 24.0. The molecule has 1 unspecified atom stereocenters. The number of hydrogen-bond acceptors (Lipinski definition) is 3. The summed E-state index contributed by atoms with van der Waals surface area (Å²) in [6.07, 6.45) is 5.80. The quantitative estimate of drug-likeness (QED) is 0.465. The number of anilines is 1. The molecule has 1 aliphatic rings. The van der Waals surface area contributed by atoms with Gasteiger partial charge in [0.2, 0.25) is 0 Å². The number of H-pyrrole nitrogens is 1. The first-order chi connectivity index (χ1) is 16.3. The highest BCUT2D eigenvalue weighted by molar-refractivity contribution is 5.95. The number of benzene rings is 1. The van der Waals surface area contributed by atoms with Crippen molar-refractivity contribution in [3.05, 3.63) is 78.4 Å². The SMILES string of the molecule is CN1CC(c2cc(-c3cc[n+](C)c4[nH]ccc34)ccn2)N(c2ccc(C(C)(C)C#N)cc2)C1=O. The van der Waals surface area contributed by atoms with E-state index in [0.29, 0.717) is 6.54 Å². The largest absolute Gasteiger partial charge is 0.325 e. The molecule has 3 aromatic heterocycles. The van der Waals surface area contributed by atoms with Gasteiger partial charge in [0.05, 0.1) is 48.0 Å². The van der Waals surface area contributed by atoms with Crippen LogP contribution in [0.3, 0.4) is 0 Å². The number of pyridine rings is 2. The summed E-state index contributed by atoms with van der Waals surface area (Å²) in [5, 5.41) is 10.6. The number of nitrogens with one attached hydrogen (secondary N) is 1. The molecule has 4 heterocycles. The summed E-state index contributed by atoms with van der Waals surface area (Å²) < 4.78 is 2.06. The average Bonchev–Trinajstić information content (AvgIpc) is 3.45. The van der Waals surface area contributed by atoms with E-state index < -0.39 is 5.41 Å². The zero-order valence-corrected chi connectivity index (χ0v) is 19.8. The molecule has 7 heteroatoms. The van der Waals surface area contributed by atoms with Crippen molar-refractivity contribution in [3.8, 4) is 17.2 Å². The predicted octanol–water partition coefficient (Wildman–Crippen LogP) is 4.47. The molecule has 2 amide bonds. The van der Waals surface area contributed by atoms with Gasteiger partial charge in [0.25, 0.3) is 5.65 Å². The number of carbonyl (C=O) groups excluding carboxylic acids is 1. The third-order valence-electron chi connectivity index (χ3n) is 6.70. The van der Waals surface area contributed by atoms with Crippen LogP contribution in [-0.4, -0.2) is 34.5 Å². The third-order valence-corrected chi connectivity index (χ3v) is 6.70. The lowest BCUT2D eigenvalue weighted by Crippen LogP contribution is -2.31. The molecule has 34 heavy (non-hydrogen) atoms. The van der Waals surface area contributed by atoms with E-state index in [4.69, 9.17) is 0 Å². The first kappa shape index (κ1) is 21.7. The van der Waals surface area contributed by atoms with Gasteiger partial charge in [-0.05, 0) is 61.4 Å². The normalized spacial score (nSPS) is 16.3. The Morgan fingerprint density at radius 3 is 2.68 bits per heavy atom. The highest BCUT2D eigenvalue weighted by Crippen LogP contribution is 2.36. The number of aromatic amines is 1. The molecule has 1 atom stereocenters. The fraction of sp³-hybridized carbons (Fsp3) is 0.259. The van der Waals surface area contributed by atoms with Crippen LogP contribution in [0.25, 0.3) is 22.2 Å². The maximum absolute atomic E-state index is 13.1. The van der Waals surface area contributed by atoms with Gasteiger partial charge in [-0.25, -0.2) is 14.3 Å². The average molecular weight is 452 g/mol. The lowest BCUT2D eigenvalue weighted by Gasteiger charge is -2.24. The van der Waals surface area contributed by atoms with Crippen LogP contribution in [0.4, 0.5) is 10.5 Å². The molecule has 1 fully saturated rings. The minimum Gasteiger partial charge on any atom is -0.325 e. The number of rotatable bonds is 4. The molecule has 1 saturated heterocycles. The number of aryl methyl sites for hydroxylation is 1. The molecule has 7 nitrogen and oxygen atoms in total. The Labute approximate surface area is 198 Å². The van der Waals surface area contributed by atoms with Gasteiger partial charge in [-0.15, -0.1) is 0 Å². The van der Waals surface area contributed by atoms with Gasteiger partial charge in [-0.2, -0.15) is 5.26 Å². The smallest absolute Gasteiger partial charge is 0.324 e. The Morgan fingerprint density at radius 1 is 1.18 bits per heavy atom. The molecule has 0 saturated carbocycles. The number of urea groups is 1. The number of carbonyl (C=O) groups is 1. The summed E-state index contributed by atoms with van der Waals surface area (Å²) in [6, 6.07) is 18.0. The monoisotopic (exact) mass is 451 g/mol. The Bertz CT molecular complexity index is 1430. The Hall–Kier alpha value is -4.18. The molecule has 1 aromatic carbocycles. The number of amides is 2. The molecular weight excluding hydrogens is 424 g/mol. The molecule has 170 valence electrons. The van der Waals surface area contributed by atoms with Crippen molar-refractivity contribution in [3.63, 3.8) is 0 Å². The van der Waals surface area contributed by atoms with Gasteiger partial charge in [-0.1, -0.05) is 12.1 Å². The first-order valence-electron chi connectivity index (χ1n) is 11.3. The highest BCUT2D eigenvalue weighted by Gasteiger charge is 2.38. The van der Waals surface area contributed by atoms with Crippen LogP contribution in [0.15, 0.2) is 67.1 Å². The number of nitriles is 1. The van der Waals surface area contributed by atoms with Gasteiger partial charge >= 0.3 is 6.03 Å². The van der Waals surface area contributed by atoms with E-state index in [1.165, 1.54) is 0 Å². The topological polar surface area (TPSA) is 79.9 Å². The van der Waals surface area contributed by atoms with Crippen LogP contribution in [0.5, 0.6) is 0 Å². The van der Waals surface area contributed by atoms with Crippen molar-refractivity contribution >= 4 is 22.8 Å². The summed E-state index contributed by atoms with van der Waals surface area (Å²) in [7, 11) is 3.83. The van der Waals surface area contributed by atoms with Crippen LogP contribution < -0.4 is 9.47 Å². The lowest BCUT2D eigenvalue weighted by atomic mass is 9.86. The predicted molar refractivity (Wildman–Crippen MR) is 131 cm³/mol. The van der Waals surface area contributed by atoms with Gasteiger partial charge in [0.15, 0.2) is 0 Å².